The summed E-state index contributed by atoms with van der Waals surface area (Å²) in [5.41, 5.74) is 5.11. The molecule has 0 radical (unpaired) electrons. The third-order valence-corrected chi connectivity index (χ3v) is 1.88. The molecule has 9 heavy (non-hydrogen) atoms. The van der Waals surface area contributed by atoms with Crippen molar-refractivity contribution in [1.29, 1.82) is 0 Å². The van der Waals surface area contributed by atoms with Crippen molar-refractivity contribution in [3.8, 4) is 0 Å². The van der Waals surface area contributed by atoms with Crippen LogP contribution in [0.2, 0.25) is 0 Å². The van der Waals surface area contributed by atoms with Crippen molar-refractivity contribution in [2.75, 3.05) is 13.1 Å². The molecular weight excluding hydrogens is 116 g/mol. The molecule has 3 heteroatoms. The molecule has 0 bridgehead atoms. The first-order chi connectivity index (χ1) is 4.22. The van der Waals surface area contributed by atoms with Gasteiger partial charge in [-0.25, -0.2) is 0 Å². The minimum absolute atomic E-state index is 0.0602. The van der Waals surface area contributed by atoms with Crippen LogP contribution in [-0.2, 0) is 4.79 Å². The van der Waals surface area contributed by atoms with E-state index in [1.54, 1.807) is 0 Å². The summed E-state index contributed by atoms with van der Waals surface area (Å²) in [6.45, 7) is 3.72. The summed E-state index contributed by atoms with van der Waals surface area (Å²) in [7, 11) is 0. The fourth-order valence-electron chi connectivity index (χ4n) is 1.19. The molecule has 0 aromatic carbocycles. The van der Waals surface area contributed by atoms with Crippen LogP contribution in [0, 0.1) is 11.8 Å². The van der Waals surface area contributed by atoms with E-state index in [1.165, 1.54) is 0 Å². The first-order valence-corrected chi connectivity index (χ1v) is 3.22. The van der Waals surface area contributed by atoms with E-state index in [-0.39, 0.29) is 11.8 Å². The molecule has 0 saturated carbocycles. The van der Waals surface area contributed by atoms with Crippen LogP contribution in [0.25, 0.3) is 0 Å². The van der Waals surface area contributed by atoms with Crippen molar-refractivity contribution in [2.45, 2.75) is 6.92 Å². The maximum atomic E-state index is 10.6. The van der Waals surface area contributed by atoms with Crippen LogP contribution in [0.1, 0.15) is 6.92 Å². The van der Waals surface area contributed by atoms with Crippen LogP contribution < -0.4 is 11.1 Å². The Balaban J connectivity index is 2.49. The largest absolute Gasteiger partial charge is 0.369 e. The Morgan fingerprint density at radius 1 is 1.67 bits per heavy atom. The van der Waals surface area contributed by atoms with Gasteiger partial charge in [-0.15, -0.1) is 0 Å². The number of primary amides is 1. The van der Waals surface area contributed by atoms with Gasteiger partial charge in [0.25, 0.3) is 0 Å². The molecule has 0 aliphatic carbocycles. The van der Waals surface area contributed by atoms with Crippen LogP contribution in [0.4, 0.5) is 0 Å². The average Bonchev–Trinajstić information content (AvgIpc) is 2.13. The fourth-order valence-corrected chi connectivity index (χ4v) is 1.19. The molecule has 1 aliphatic rings. The molecule has 0 aromatic heterocycles. The van der Waals surface area contributed by atoms with Crippen molar-refractivity contribution in [3.05, 3.63) is 0 Å². The van der Waals surface area contributed by atoms with Crippen LogP contribution in [0.5, 0.6) is 0 Å². The molecule has 52 valence electrons. The third kappa shape index (κ3) is 1.21. The predicted octanol–water partition coefficient (Wildman–Crippen LogP) is -0.673. The second kappa shape index (κ2) is 2.35. The van der Waals surface area contributed by atoms with Gasteiger partial charge in [0.15, 0.2) is 0 Å². The van der Waals surface area contributed by atoms with E-state index < -0.39 is 0 Å². The summed E-state index contributed by atoms with van der Waals surface area (Å²) in [5.74, 6) is 0.306. The summed E-state index contributed by atoms with van der Waals surface area (Å²) in [6.07, 6.45) is 0. The highest BCUT2D eigenvalue weighted by atomic mass is 16.1. The van der Waals surface area contributed by atoms with Gasteiger partial charge in [0.1, 0.15) is 0 Å². The van der Waals surface area contributed by atoms with E-state index in [2.05, 4.69) is 5.32 Å². The number of nitrogens with two attached hydrogens (primary N) is 1. The number of rotatable bonds is 1. The first-order valence-electron chi connectivity index (χ1n) is 3.22. The van der Waals surface area contributed by atoms with Crippen LogP contribution in [0.3, 0.4) is 0 Å². The topological polar surface area (TPSA) is 55.1 Å². The Labute approximate surface area is 54.6 Å². The number of hydrogen-bond acceptors (Lipinski definition) is 2. The molecule has 0 aromatic rings. The average molecular weight is 128 g/mol. The van der Waals surface area contributed by atoms with E-state index >= 15 is 0 Å². The minimum Gasteiger partial charge on any atom is -0.369 e. The van der Waals surface area contributed by atoms with Gasteiger partial charge >= 0.3 is 0 Å². The van der Waals surface area contributed by atoms with Crippen molar-refractivity contribution in [2.24, 2.45) is 17.6 Å². The number of nitrogens with one attached hydrogen (secondary N) is 1. The standard InChI is InChI=1S/C6H12N2O/c1-4-2-8-3-5(4)6(7)9/h4-5,8H,2-3H2,1H3,(H2,7,9)/t4-,5-/m0/s1. The molecule has 0 spiro atoms. The maximum Gasteiger partial charge on any atom is 0.222 e. The first kappa shape index (κ1) is 6.55. The Hall–Kier alpha value is -0.570. The van der Waals surface area contributed by atoms with Crippen molar-refractivity contribution in [1.82, 2.24) is 5.32 Å². The van der Waals surface area contributed by atoms with Gasteiger partial charge in [-0.1, -0.05) is 6.92 Å². The summed E-state index contributed by atoms with van der Waals surface area (Å²) in [4.78, 5) is 10.6. The summed E-state index contributed by atoms with van der Waals surface area (Å²) in [6, 6.07) is 0. The van der Waals surface area contributed by atoms with Crippen LogP contribution in [-0.4, -0.2) is 19.0 Å². The Kier molecular flexibility index (Phi) is 1.71. The third-order valence-electron chi connectivity index (χ3n) is 1.88. The highest BCUT2D eigenvalue weighted by Crippen LogP contribution is 2.14. The number of amides is 1. The smallest absolute Gasteiger partial charge is 0.222 e. The van der Waals surface area contributed by atoms with Gasteiger partial charge in [0.2, 0.25) is 5.91 Å². The van der Waals surface area contributed by atoms with Crippen molar-refractivity contribution < 1.29 is 4.79 Å². The lowest BCUT2D eigenvalue weighted by Gasteiger charge is -2.07. The lowest BCUT2D eigenvalue weighted by molar-refractivity contribution is -0.122. The number of carbonyl (C=O) groups is 1. The summed E-state index contributed by atoms with van der Waals surface area (Å²) < 4.78 is 0. The Morgan fingerprint density at radius 2 is 2.33 bits per heavy atom. The number of hydrogen-bond donors (Lipinski definition) is 2. The van der Waals surface area contributed by atoms with Gasteiger partial charge in [-0.2, -0.15) is 0 Å². The molecule has 1 aliphatic heterocycles. The molecule has 1 saturated heterocycles. The number of carbonyl (C=O) groups excluding carboxylic acids is 1. The lowest BCUT2D eigenvalue weighted by atomic mass is 9.98. The van der Waals surface area contributed by atoms with Gasteiger partial charge < -0.3 is 11.1 Å². The molecule has 3 nitrogen and oxygen atoms in total. The second-order valence-electron chi connectivity index (χ2n) is 2.64. The van der Waals surface area contributed by atoms with Gasteiger partial charge in [-0.05, 0) is 12.5 Å². The molecule has 3 N–H and O–H groups in total. The van der Waals surface area contributed by atoms with Crippen molar-refractivity contribution in [3.63, 3.8) is 0 Å². The van der Waals surface area contributed by atoms with Crippen LogP contribution in [0.15, 0.2) is 0 Å². The SMILES string of the molecule is C[C@H]1CNC[C@@H]1C(N)=O. The highest BCUT2D eigenvalue weighted by Gasteiger charge is 2.27. The van der Waals surface area contributed by atoms with E-state index in [0.717, 1.165) is 13.1 Å². The normalized spacial score (nSPS) is 34.8. The van der Waals surface area contributed by atoms with E-state index in [1.807, 2.05) is 6.92 Å². The Morgan fingerprint density at radius 3 is 2.56 bits per heavy atom. The van der Waals surface area contributed by atoms with E-state index in [0.29, 0.717) is 5.92 Å². The zero-order valence-electron chi connectivity index (χ0n) is 5.55. The fraction of sp³-hybridized carbons (Fsp3) is 0.833. The van der Waals surface area contributed by atoms with Gasteiger partial charge in [0.05, 0.1) is 5.92 Å². The van der Waals surface area contributed by atoms with Crippen molar-refractivity contribution >= 4 is 5.91 Å². The van der Waals surface area contributed by atoms with E-state index in [4.69, 9.17) is 5.73 Å². The molecule has 2 atom stereocenters. The minimum atomic E-state index is -0.174. The lowest BCUT2D eigenvalue weighted by Crippen LogP contribution is -2.28. The highest BCUT2D eigenvalue weighted by molar-refractivity contribution is 5.77. The molecule has 1 fully saturated rings. The predicted molar refractivity (Wildman–Crippen MR) is 34.7 cm³/mol. The molecule has 0 unspecified atom stereocenters. The van der Waals surface area contributed by atoms with Gasteiger partial charge in [0, 0.05) is 6.54 Å². The quantitative estimate of drug-likeness (QED) is 0.492. The van der Waals surface area contributed by atoms with Crippen LogP contribution >= 0.6 is 0 Å². The van der Waals surface area contributed by atoms with Gasteiger partial charge in [-0.3, -0.25) is 4.79 Å². The second-order valence-corrected chi connectivity index (χ2v) is 2.64. The molecule has 1 heterocycles. The maximum absolute atomic E-state index is 10.6. The summed E-state index contributed by atoms with van der Waals surface area (Å²) >= 11 is 0. The zero-order chi connectivity index (χ0) is 6.85. The zero-order valence-corrected chi connectivity index (χ0v) is 5.55. The summed E-state index contributed by atoms with van der Waals surface area (Å²) in [5, 5.41) is 3.10. The molecule has 1 rings (SSSR count). The van der Waals surface area contributed by atoms with E-state index in [9.17, 15) is 4.79 Å². The molecule has 1 amide bonds. The molecular formula is C6H12N2O. The Bertz CT molecular complexity index is 124. The monoisotopic (exact) mass is 128 g/mol.